The van der Waals surface area contributed by atoms with Crippen LogP contribution in [0.1, 0.15) is 37.2 Å². The van der Waals surface area contributed by atoms with Gasteiger partial charge in [-0.25, -0.2) is 4.98 Å². The molecule has 2 aromatic heterocycles. The van der Waals surface area contributed by atoms with Gasteiger partial charge in [-0.1, -0.05) is 20.8 Å². The molecule has 0 aromatic carbocycles. The third-order valence-corrected chi connectivity index (χ3v) is 4.53. The van der Waals surface area contributed by atoms with Gasteiger partial charge in [-0.15, -0.1) is 35.3 Å². The molecule has 0 aliphatic heterocycles. The van der Waals surface area contributed by atoms with E-state index >= 15 is 0 Å². The molecule has 0 fully saturated rings. The Kier molecular flexibility index (Phi) is 7.46. The summed E-state index contributed by atoms with van der Waals surface area (Å²) in [5.74, 6) is 0.756. The van der Waals surface area contributed by atoms with Gasteiger partial charge in [0.2, 0.25) is 0 Å². The fraction of sp³-hybridized carbons (Fsp3) is 0.533. The maximum Gasteiger partial charge on any atom is 0.191 e. The standard InChI is InChI=1S/C15H24N6S.HI/c1-15(2,3)13-20-11(10-22-13)8-17-14(16-4)18-9-12-6-7-19-21(12)5;/h6-7,10H,8-9H2,1-5H3,(H2,16,17,18);1H. The first-order chi connectivity index (χ1) is 10.4. The lowest BCUT2D eigenvalue weighted by molar-refractivity contribution is 0.582. The van der Waals surface area contributed by atoms with Gasteiger partial charge in [0.25, 0.3) is 0 Å². The molecular weight excluding hydrogens is 423 g/mol. The maximum absolute atomic E-state index is 4.67. The first-order valence-corrected chi connectivity index (χ1v) is 8.14. The molecule has 8 heteroatoms. The van der Waals surface area contributed by atoms with Crippen LogP contribution >= 0.6 is 35.3 Å². The lowest BCUT2D eigenvalue weighted by Gasteiger charge is -2.14. The highest BCUT2D eigenvalue weighted by Crippen LogP contribution is 2.25. The molecule has 0 aliphatic carbocycles. The third kappa shape index (κ3) is 5.76. The van der Waals surface area contributed by atoms with E-state index < -0.39 is 0 Å². The average Bonchev–Trinajstić information content (AvgIpc) is 3.08. The number of guanidine groups is 1. The molecule has 0 radical (unpaired) electrons. The van der Waals surface area contributed by atoms with Crippen molar-refractivity contribution in [3.05, 3.63) is 34.0 Å². The Bertz CT molecular complexity index is 640. The van der Waals surface area contributed by atoms with Gasteiger partial charge in [0.15, 0.2) is 5.96 Å². The Hall–Kier alpha value is -1.16. The van der Waals surface area contributed by atoms with Gasteiger partial charge in [-0.2, -0.15) is 5.10 Å². The molecule has 0 aliphatic rings. The number of nitrogens with one attached hydrogen (secondary N) is 2. The molecule has 0 amide bonds. The first-order valence-electron chi connectivity index (χ1n) is 7.26. The highest BCUT2D eigenvalue weighted by Gasteiger charge is 2.17. The van der Waals surface area contributed by atoms with Crippen LogP contribution in [0.25, 0.3) is 0 Å². The van der Waals surface area contributed by atoms with Crippen LogP contribution in [0.2, 0.25) is 0 Å². The van der Waals surface area contributed by atoms with Crippen LogP contribution < -0.4 is 10.6 Å². The average molecular weight is 448 g/mol. The van der Waals surface area contributed by atoms with Gasteiger partial charge in [0.05, 0.1) is 29.5 Å². The van der Waals surface area contributed by atoms with E-state index in [0.717, 1.165) is 22.4 Å². The molecule has 0 bridgehead atoms. The normalized spacial score (nSPS) is 12.0. The van der Waals surface area contributed by atoms with E-state index in [4.69, 9.17) is 0 Å². The molecule has 0 atom stereocenters. The summed E-state index contributed by atoms with van der Waals surface area (Å²) in [6.45, 7) is 7.88. The van der Waals surface area contributed by atoms with Crippen LogP contribution in [0.4, 0.5) is 0 Å². The number of hydrogen-bond donors (Lipinski definition) is 2. The second-order valence-electron chi connectivity index (χ2n) is 6.12. The minimum absolute atomic E-state index is 0. The molecule has 0 saturated carbocycles. The van der Waals surface area contributed by atoms with Gasteiger partial charge in [-0.3, -0.25) is 9.67 Å². The minimum atomic E-state index is 0. The highest BCUT2D eigenvalue weighted by molar-refractivity contribution is 14.0. The van der Waals surface area contributed by atoms with Crippen LogP contribution in [0, 0.1) is 0 Å². The Balaban J connectivity index is 0.00000264. The summed E-state index contributed by atoms with van der Waals surface area (Å²) >= 11 is 1.71. The summed E-state index contributed by atoms with van der Waals surface area (Å²) in [5, 5.41) is 14.0. The summed E-state index contributed by atoms with van der Waals surface area (Å²) < 4.78 is 1.84. The number of aliphatic imine (C=N–C) groups is 1. The quantitative estimate of drug-likeness (QED) is 0.429. The van der Waals surface area contributed by atoms with E-state index in [1.165, 1.54) is 0 Å². The maximum atomic E-state index is 4.67. The van der Waals surface area contributed by atoms with Crippen molar-refractivity contribution < 1.29 is 0 Å². The van der Waals surface area contributed by atoms with Crippen molar-refractivity contribution in [2.75, 3.05) is 7.05 Å². The first kappa shape index (κ1) is 19.9. The van der Waals surface area contributed by atoms with Crippen LogP contribution in [0.15, 0.2) is 22.6 Å². The molecule has 2 heterocycles. The number of rotatable bonds is 4. The Morgan fingerprint density at radius 3 is 2.52 bits per heavy atom. The van der Waals surface area contributed by atoms with Crippen molar-refractivity contribution in [1.82, 2.24) is 25.4 Å². The van der Waals surface area contributed by atoms with Gasteiger partial charge >= 0.3 is 0 Å². The van der Waals surface area contributed by atoms with Crippen molar-refractivity contribution >= 4 is 41.3 Å². The summed E-state index contributed by atoms with van der Waals surface area (Å²) in [6.07, 6.45) is 1.79. The number of aryl methyl sites for hydroxylation is 1. The van der Waals surface area contributed by atoms with E-state index in [0.29, 0.717) is 13.1 Å². The van der Waals surface area contributed by atoms with Crippen LogP contribution in [-0.4, -0.2) is 27.8 Å². The zero-order valence-electron chi connectivity index (χ0n) is 14.3. The number of halogens is 1. The largest absolute Gasteiger partial charge is 0.351 e. The van der Waals surface area contributed by atoms with Crippen molar-refractivity contribution in [3.63, 3.8) is 0 Å². The van der Waals surface area contributed by atoms with Crippen LogP contribution in [0.5, 0.6) is 0 Å². The number of aromatic nitrogens is 3. The monoisotopic (exact) mass is 448 g/mol. The number of hydrogen-bond acceptors (Lipinski definition) is 4. The second-order valence-corrected chi connectivity index (χ2v) is 6.98. The molecule has 23 heavy (non-hydrogen) atoms. The molecule has 2 rings (SSSR count). The van der Waals surface area contributed by atoms with Crippen molar-refractivity contribution in [2.45, 2.75) is 39.3 Å². The van der Waals surface area contributed by atoms with E-state index in [-0.39, 0.29) is 29.4 Å². The SMILES string of the molecule is CN=C(NCc1csc(C(C)(C)C)n1)NCc1ccnn1C.I. The van der Waals surface area contributed by atoms with Gasteiger partial charge < -0.3 is 10.6 Å². The Labute approximate surface area is 158 Å². The third-order valence-electron chi connectivity index (χ3n) is 3.21. The molecule has 0 spiro atoms. The van der Waals surface area contributed by atoms with Crippen LogP contribution in [0.3, 0.4) is 0 Å². The van der Waals surface area contributed by atoms with E-state index in [2.05, 4.69) is 51.9 Å². The lowest BCUT2D eigenvalue weighted by Crippen LogP contribution is -2.36. The predicted molar refractivity (Wildman–Crippen MR) is 106 cm³/mol. The fourth-order valence-electron chi connectivity index (χ4n) is 1.88. The summed E-state index contributed by atoms with van der Waals surface area (Å²) in [6, 6.07) is 1.98. The van der Waals surface area contributed by atoms with E-state index in [1.54, 1.807) is 24.6 Å². The van der Waals surface area contributed by atoms with Crippen molar-refractivity contribution in [2.24, 2.45) is 12.0 Å². The summed E-state index contributed by atoms with van der Waals surface area (Å²) in [5.41, 5.74) is 2.24. The lowest BCUT2D eigenvalue weighted by atomic mass is 9.98. The number of nitrogens with zero attached hydrogens (tertiary/aromatic N) is 4. The summed E-state index contributed by atoms with van der Waals surface area (Å²) in [7, 11) is 3.69. The minimum Gasteiger partial charge on any atom is -0.351 e. The second kappa shape index (κ2) is 8.62. The fourth-order valence-corrected chi connectivity index (χ4v) is 2.78. The highest BCUT2D eigenvalue weighted by atomic mass is 127. The molecule has 0 saturated heterocycles. The molecule has 2 N–H and O–H groups in total. The molecule has 128 valence electrons. The summed E-state index contributed by atoms with van der Waals surface area (Å²) in [4.78, 5) is 8.90. The smallest absolute Gasteiger partial charge is 0.191 e. The Morgan fingerprint density at radius 1 is 1.30 bits per heavy atom. The predicted octanol–water partition coefficient (Wildman–Crippen LogP) is 2.66. The molecule has 2 aromatic rings. The van der Waals surface area contributed by atoms with Crippen molar-refractivity contribution in [1.29, 1.82) is 0 Å². The zero-order valence-corrected chi connectivity index (χ0v) is 17.4. The molecule has 0 unspecified atom stereocenters. The number of thiazole rings is 1. The topological polar surface area (TPSA) is 67.1 Å². The molecular formula is C15H25IN6S. The molecule has 6 nitrogen and oxygen atoms in total. The van der Waals surface area contributed by atoms with Crippen LogP contribution in [-0.2, 0) is 25.6 Å². The zero-order chi connectivity index (χ0) is 16.2. The van der Waals surface area contributed by atoms with Crippen molar-refractivity contribution in [3.8, 4) is 0 Å². The van der Waals surface area contributed by atoms with Gasteiger partial charge in [-0.05, 0) is 6.07 Å². The van der Waals surface area contributed by atoms with E-state index in [9.17, 15) is 0 Å². The van der Waals surface area contributed by atoms with Gasteiger partial charge in [0.1, 0.15) is 0 Å². The van der Waals surface area contributed by atoms with Gasteiger partial charge in [0, 0.05) is 31.1 Å². The van der Waals surface area contributed by atoms with E-state index in [1.807, 2.05) is 17.8 Å². The Morgan fingerprint density at radius 2 is 2.00 bits per heavy atom.